The normalized spacial score (nSPS) is 22.6. The van der Waals surface area contributed by atoms with Crippen molar-refractivity contribution >= 4 is 27.8 Å². The number of aliphatic hydroxyl groups is 1. The van der Waals surface area contributed by atoms with Crippen molar-refractivity contribution in [1.82, 2.24) is 9.79 Å². The molecule has 5 rings (SSSR count). The molecular weight excluding hydrogens is 642 g/mol. The van der Waals surface area contributed by atoms with Gasteiger partial charge >= 0.3 is 12.1 Å². The Morgan fingerprint density at radius 2 is 1.79 bits per heavy atom. The molecule has 0 bridgehead atoms. The number of carbonyl (C=O) groups excluding carboxylic acids is 2. The molecule has 13 nitrogen and oxygen atoms in total. The number of rotatable bonds is 14. The predicted octanol–water partition coefficient (Wildman–Crippen LogP) is 3.76. The third-order valence-electron chi connectivity index (χ3n) is 8.47. The molecule has 0 aromatic heterocycles. The first-order valence-electron chi connectivity index (χ1n) is 16.5. The number of hydrogen-bond acceptors (Lipinski definition) is 11. The van der Waals surface area contributed by atoms with Crippen molar-refractivity contribution in [2.45, 2.75) is 100 Å². The number of alkyl carbamates (subject to hydrolysis) is 1. The van der Waals surface area contributed by atoms with Crippen LogP contribution in [0.5, 0.6) is 0 Å². The number of anilines is 1. The van der Waals surface area contributed by atoms with Gasteiger partial charge in [0.05, 0.1) is 48.8 Å². The second-order valence-corrected chi connectivity index (χ2v) is 15.3. The largest absolute Gasteiger partial charge is 0.459 e. The number of aliphatic hydroxyl groups excluding tert-OH is 1. The summed E-state index contributed by atoms with van der Waals surface area (Å²) in [5.41, 5.74) is 0.553. The van der Waals surface area contributed by atoms with E-state index >= 15 is 0 Å². The van der Waals surface area contributed by atoms with Crippen molar-refractivity contribution in [1.29, 1.82) is 0 Å². The van der Waals surface area contributed by atoms with Gasteiger partial charge in [-0.3, -0.25) is 9.63 Å². The fraction of sp³-hybridized carbons (Fsp3) is 0.588. The maximum atomic E-state index is 14.1. The molecule has 2 aliphatic heterocycles. The molecule has 1 aliphatic carbocycles. The first kappa shape index (κ1) is 36.0. The van der Waals surface area contributed by atoms with Crippen molar-refractivity contribution in [2.75, 3.05) is 31.6 Å². The van der Waals surface area contributed by atoms with E-state index in [2.05, 4.69) is 10.6 Å². The average molecular weight is 690 g/mol. The summed E-state index contributed by atoms with van der Waals surface area (Å²) in [6.45, 7) is 5.40. The molecule has 0 spiro atoms. The summed E-state index contributed by atoms with van der Waals surface area (Å²) in [4.78, 5) is 31.4. The molecule has 3 N–H and O–H groups in total. The fourth-order valence-electron chi connectivity index (χ4n) is 6.10. The highest BCUT2D eigenvalue weighted by molar-refractivity contribution is 7.89. The van der Waals surface area contributed by atoms with Crippen molar-refractivity contribution < 1.29 is 46.9 Å². The Balaban J connectivity index is 1.32. The van der Waals surface area contributed by atoms with Gasteiger partial charge in [0.2, 0.25) is 0 Å². The molecule has 48 heavy (non-hydrogen) atoms. The van der Waals surface area contributed by atoms with Crippen molar-refractivity contribution in [3.63, 3.8) is 0 Å². The lowest BCUT2D eigenvalue weighted by Gasteiger charge is -2.31. The van der Waals surface area contributed by atoms with Gasteiger partial charge in [-0.15, -0.1) is 0 Å². The summed E-state index contributed by atoms with van der Waals surface area (Å²) in [6, 6.07) is 14.4. The molecule has 2 heterocycles. The van der Waals surface area contributed by atoms with E-state index in [4.69, 9.17) is 23.8 Å². The summed E-state index contributed by atoms with van der Waals surface area (Å²) in [5, 5.41) is 17.3. The summed E-state index contributed by atoms with van der Waals surface area (Å²) >= 11 is 0. The van der Waals surface area contributed by atoms with Crippen LogP contribution in [0.2, 0.25) is 0 Å². The van der Waals surface area contributed by atoms with Gasteiger partial charge in [-0.1, -0.05) is 53.7 Å². The second-order valence-electron chi connectivity index (χ2n) is 13.4. The minimum Gasteiger partial charge on any atom is -0.459 e. The van der Waals surface area contributed by atoms with Gasteiger partial charge in [-0.25, -0.2) is 13.2 Å². The maximum absolute atomic E-state index is 14.1. The summed E-state index contributed by atoms with van der Waals surface area (Å²) in [7, 11) is -4.32. The van der Waals surface area contributed by atoms with Gasteiger partial charge < -0.3 is 34.7 Å². The number of esters is 1. The van der Waals surface area contributed by atoms with Crippen LogP contribution in [-0.2, 0) is 45.0 Å². The SMILES string of the molecule is CC(C)(C)OC(=O)CNc1cccc(S(=O)(=O)N(C[C@@H](O)[C@H](Cc2ccccc2)NC(=O)O[C@@H]2CO[C@@H]3OCC[C@@H]32)OC2CCCC2)c1. The van der Waals surface area contributed by atoms with Crippen LogP contribution in [0.25, 0.3) is 0 Å². The Labute approximate surface area is 282 Å². The van der Waals surface area contributed by atoms with Gasteiger partial charge in [0.1, 0.15) is 18.2 Å². The third kappa shape index (κ3) is 9.89. The summed E-state index contributed by atoms with van der Waals surface area (Å²) in [6.07, 6.45) is 0.679. The third-order valence-corrected chi connectivity index (χ3v) is 10.1. The van der Waals surface area contributed by atoms with Crippen molar-refractivity contribution in [3.05, 3.63) is 60.2 Å². The van der Waals surface area contributed by atoms with E-state index in [1.165, 1.54) is 12.1 Å². The number of hydrogen-bond donors (Lipinski definition) is 3. The van der Waals surface area contributed by atoms with Gasteiger partial charge in [-0.05, 0) is 70.2 Å². The lowest BCUT2D eigenvalue weighted by molar-refractivity contribution is -0.152. The first-order chi connectivity index (χ1) is 22.9. The highest BCUT2D eigenvalue weighted by atomic mass is 32.2. The van der Waals surface area contributed by atoms with Crippen LogP contribution in [0.15, 0.2) is 59.5 Å². The Bertz CT molecular complexity index is 1480. The maximum Gasteiger partial charge on any atom is 0.407 e. The number of carbonyl (C=O) groups is 2. The van der Waals surface area contributed by atoms with E-state index in [9.17, 15) is 23.1 Å². The van der Waals surface area contributed by atoms with Crippen LogP contribution in [0.1, 0.15) is 58.4 Å². The van der Waals surface area contributed by atoms with Crippen LogP contribution in [0, 0.1) is 5.92 Å². The topological polar surface area (TPSA) is 162 Å². The zero-order valence-electron chi connectivity index (χ0n) is 27.7. The Hall–Kier alpha value is -3.27. The number of ether oxygens (including phenoxy) is 4. The van der Waals surface area contributed by atoms with E-state index in [1.807, 2.05) is 30.3 Å². The van der Waals surface area contributed by atoms with Gasteiger partial charge in [0.25, 0.3) is 10.0 Å². The van der Waals surface area contributed by atoms with Gasteiger partial charge in [0.15, 0.2) is 6.29 Å². The number of fused-ring (bicyclic) bond motifs is 1. The predicted molar refractivity (Wildman–Crippen MR) is 175 cm³/mol. The highest BCUT2D eigenvalue weighted by Gasteiger charge is 2.44. The van der Waals surface area contributed by atoms with Crippen LogP contribution < -0.4 is 10.6 Å². The van der Waals surface area contributed by atoms with E-state index in [0.29, 0.717) is 31.6 Å². The van der Waals surface area contributed by atoms with E-state index in [0.717, 1.165) is 22.9 Å². The quantitative estimate of drug-likeness (QED) is 0.196. The zero-order valence-corrected chi connectivity index (χ0v) is 28.5. The molecule has 264 valence electrons. The molecule has 1 amide bonds. The molecule has 1 saturated carbocycles. The Kier molecular flexibility index (Phi) is 12.0. The highest BCUT2D eigenvalue weighted by Crippen LogP contribution is 2.33. The number of sulfonamides is 1. The Morgan fingerprint density at radius 1 is 1.04 bits per heavy atom. The molecule has 2 aromatic carbocycles. The Morgan fingerprint density at radius 3 is 2.52 bits per heavy atom. The number of nitrogens with one attached hydrogen (secondary N) is 2. The van der Waals surface area contributed by atoms with Crippen molar-refractivity contribution in [3.8, 4) is 0 Å². The number of amides is 1. The van der Waals surface area contributed by atoms with E-state index in [1.54, 1.807) is 32.9 Å². The fourth-order valence-corrected chi connectivity index (χ4v) is 7.44. The van der Waals surface area contributed by atoms with Gasteiger partial charge in [-0.2, -0.15) is 0 Å². The monoisotopic (exact) mass is 689 g/mol. The second kappa shape index (κ2) is 16.0. The summed E-state index contributed by atoms with van der Waals surface area (Å²) < 4.78 is 51.2. The molecule has 0 radical (unpaired) electrons. The first-order valence-corrected chi connectivity index (χ1v) is 18.0. The number of hydroxylamine groups is 1. The molecule has 3 fully saturated rings. The smallest absolute Gasteiger partial charge is 0.407 e. The molecule has 0 unspecified atom stereocenters. The van der Waals surface area contributed by atoms with Crippen LogP contribution in [0.3, 0.4) is 0 Å². The van der Waals surface area contributed by atoms with Gasteiger partial charge in [0, 0.05) is 5.69 Å². The lowest BCUT2D eigenvalue weighted by atomic mass is 10.0. The lowest BCUT2D eigenvalue weighted by Crippen LogP contribution is -2.51. The van der Waals surface area contributed by atoms with E-state index < -0.39 is 58.8 Å². The molecular formula is C34H47N3O10S. The van der Waals surface area contributed by atoms with Crippen molar-refractivity contribution in [2.24, 2.45) is 5.92 Å². The minimum absolute atomic E-state index is 0.0666. The molecule has 14 heteroatoms. The molecule has 5 atom stereocenters. The summed E-state index contributed by atoms with van der Waals surface area (Å²) in [5.74, 6) is -0.555. The molecule has 2 aromatic rings. The zero-order chi connectivity index (χ0) is 34.3. The van der Waals surface area contributed by atoms with E-state index in [-0.39, 0.29) is 36.5 Å². The standard InChI is InChI=1S/C34H47N3O10S/c1-34(2,3)46-31(39)20-35-24-12-9-15-26(19-24)48(41,42)37(47-25-13-7-8-14-25)21-29(38)28(18-23-10-5-4-6-11-23)36-33(40)45-30-22-44-32-27(30)16-17-43-32/h4-6,9-12,15,19,25,27-30,32,35,38H,7-8,13-14,16-18,20-22H2,1-3H3,(H,36,40)/t27-,28+,29-,30-,32+/m1/s1. The molecule has 3 aliphatic rings. The van der Waals surface area contributed by atoms with Crippen LogP contribution >= 0.6 is 0 Å². The van der Waals surface area contributed by atoms with Crippen LogP contribution in [0.4, 0.5) is 10.5 Å². The average Bonchev–Trinajstić information content (AvgIpc) is 3.80. The minimum atomic E-state index is -4.32. The molecule has 2 saturated heterocycles. The number of nitrogens with zero attached hydrogens (tertiary/aromatic N) is 1. The number of benzene rings is 2. The van der Waals surface area contributed by atoms with Crippen LogP contribution in [-0.4, -0.2) is 92.6 Å².